The minimum absolute atomic E-state index is 0.0228. The Morgan fingerprint density at radius 2 is 2.02 bits per heavy atom. The molecule has 41 heavy (non-hydrogen) atoms. The molecule has 0 unspecified atom stereocenters. The number of fused-ring (bicyclic) bond motifs is 2. The number of halogens is 2. The van der Waals surface area contributed by atoms with E-state index in [1.54, 1.807) is 17.2 Å². The van der Waals surface area contributed by atoms with Gasteiger partial charge in [0.15, 0.2) is 5.82 Å². The largest absolute Gasteiger partial charge is 0.462 e. The van der Waals surface area contributed by atoms with Crippen LogP contribution >= 0.6 is 11.6 Å². The van der Waals surface area contributed by atoms with Crippen LogP contribution in [0.3, 0.4) is 0 Å². The number of likely N-dealkylation sites (N-methyl/N-ethyl adjacent to an activating group) is 2. The summed E-state index contributed by atoms with van der Waals surface area (Å²) in [5, 5.41) is 2.61. The summed E-state index contributed by atoms with van der Waals surface area (Å²) in [4.78, 5) is 32.1. The Morgan fingerprint density at radius 3 is 2.78 bits per heavy atom. The zero-order chi connectivity index (χ0) is 28.7. The summed E-state index contributed by atoms with van der Waals surface area (Å²) in [6, 6.07) is 11.5. The first-order valence-corrected chi connectivity index (χ1v) is 14.2. The molecule has 1 amide bonds. The van der Waals surface area contributed by atoms with Crippen LogP contribution in [0.1, 0.15) is 19.3 Å². The average molecular weight is 575 g/mol. The van der Waals surface area contributed by atoms with Crippen LogP contribution in [0.5, 0.6) is 6.01 Å². The topological polar surface area (TPSA) is 74.7 Å². The molecule has 0 radical (unpaired) electrons. The third kappa shape index (κ3) is 5.08. The maximum atomic E-state index is 16.5. The Labute approximate surface area is 243 Å². The Morgan fingerprint density at radius 1 is 1.22 bits per heavy atom. The Bertz CT molecular complexity index is 1640. The van der Waals surface area contributed by atoms with Gasteiger partial charge in [0, 0.05) is 54.4 Å². The van der Waals surface area contributed by atoms with Crippen LogP contribution in [0, 0.1) is 5.82 Å². The molecule has 2 aliphatic rings. The van der Waals surface area contributed by atoms with Crippen molar-refractivity contribution in [1.82, 2.24) is 24.8 Å². The van der Waals surface area contributed by atoms with Crippen LogP contribution in [0.15, 0.2) is 55.3 Å². The third-order valence-electron chi connectivity index (χ3n) is 8.36. The van der Waals surface area contributed by atoms with Gasteiger partial charge in [-0.15, -0.1) is 0 Å². The molecule has 4 heterocycles. The van der Waals surface area contributed by atoms with Gasteiger partial charge in [-0.2, -0.15) is 9.97 Å². The lowest BCUT2D eigenvalue weighted by molar-refractivity contribution is -0.125. The van der Waals surface area contributed by atoms with Gasteiger partial charge < -0.3 is 19.4 Å². The summed E-state index contributed by atoms with van der Waals surface area (Å²) in [6.45, 7) is 6.15. The minimum atomic E-state index is -0.565. The fourth-order valence-corrected chi connectivity index (χ4v) is 6.24. The summed E-state index contributed by atoms with van der Waals surface area (Å²) in [5.41, 5.74) is 0.877. The molecule has 10 heteroatoms. The van der Waals surface area contributed by atoms with Gasteiger partial charge in [-0.25, -0.2) is 4.39 Å². The van der Waals surface area contributed by atoms with Crippen LogP contribution in [0.4, 0.5) is 10.2 Å². The Kier molecular flexibility index (Phi) is 7.48. The molecule has 0 bridgehead atoms. The second kappa shape index (κ2) is 11.2. The van der Waals surface area contributed by atoms with Gasteiger partial charge in [0.25, 0.3) is 0 Å². The monoisotopic (exact) mass is 574 g/mol. The SMILES string of the molecule is C=CC(=O)N1CC[C@@H](N(C)c2nc(OC[C@@H]3CCCN3C)nc3c(F)c(-c4cccc5cccc(Cl)c45)ncc23)C1. The van der Waals surface area contributed by atoms with Gasteiger partial charge >= 0.3 is 6.01 Å². The molecule has 2 atom stereocenters. The highest BCUT2D eigenvalue weighted by Gasteiger charge is 2.31. The number of anilines is 1. The lowest BCUT2D eigenvalue weighted by Gasteiger charge is -2.27. The predicted octanol–water partition coefficient (Wildman–Crippen LogP) is 5.33. The third-order valence-corrected chi connectivity index (χ3v) is 8.68. The zero-order valence-corrected chi connectivity index (χ0v) is 23.9. The number of likely N-dealkylation sites (tertiary alicyclic amines) is 2. The number of hydrogen-bond acceptors (Lipinski definition) is 7. The second-order valence-electron chi connectivity index (χ2n) is 10.8. The molecule has 212 valence electrons. The number of carbonyl (C=O) groups is 1. The molecule has 6 rings (SSSR count). The molecular weight excluding hydrogens is 543 g/mol. The molecule has 0 spiro atoms. The molecule has 0 saturated carbocycles. The molecule has 2 saturated heterocycles. The van der Waals surface area contributed by atoms with Crippen LogP contribution in [0.2, 0.25) is 5.02 Å². The van der Waals surface area contributed by atoms with E-state index in [1.165, 1.54) is 6.08 Å². The molecule has 0 N–H and O–H groups in total. The molecule has 2 aromatic heterocycles. The summed E-state index contributed by atoms with van der Waals surface area (Å²) in [6.07, 6.45) is 5.82. The van der Waals surface area contributed by atoms with Crippen LogP contribution in [-0.2, 0) is 4.79 Å². The van der Waals surface area contributed by atoms with Crippen LogP contribution in [0.25, 0.3) is 32.9 Å². The molecule has 2 aromatic carbocycles. The Balaban J connectivity index is 1.45. The van der Waals surface area contributed by atoms with Gasteiger partial charge in [0.05, 0.1) is 5.39 Å². The van der Waals surface area contributed by atoms with Crippen molar-refractivity contribution in [3.63, 3.8) is 0 Å². The maximum absolute atomic E-state index is 16.5. The number of pyridine rings is 1. The van der Waals surface area contributed by atoms with Crippen molar-refractivity contribution < 1.29 is 13.9 Å². The lowest BCUT2D eigenvalue weighted by atomic mass is 10.0. The first-order chi connectivity index (χ1) is 19.9. The van der Waals surface area contributed by atoms with E-state index in [0.717, 1.165) is 36.6 Å². The van der Waals surface area contributed by atoms with E-state index in [0.29, 0.717) is 41.5 Å². The molecular formula is C31H32ClFN6O2. The van der Waals surface area contributed by atoms with E-state index in [1.807, 2.05) is 42.3 Å². The van der Waals surface area contributed by atoms with E-state index >= 15 is 4.39 Å². The zero-order valence-electron chi connectivity index (χ0n) is 23.2. The van der Waals surface area contributed by atoms with Crippen molar-refractivity contribution in [2.75, 3.05) is 45.2 Å². The van der Waals surface area contributed by atoms with E-state index < -0.39 is 5.82 Å². The van der Waals surface area contributed by atoms with Gasteiger partial charge in [-0.3, -0.25) is 9.78 Å². The number of benzene rings is 2. The average Bonchev–Trinajstić information content (AvgIpc) is 3.64. The van der Waals surface area contributed by atoms with Crippen molar-refractivity contribution >= 4 is 45.0 Å². The normalized spacial score (nSPS) is 19.3. The summed E-state index contributed by atoms with van der Waals surface area (Å²) >= 11 is 6.57. The molecule has 2 aliphatic heterocycles. The van der Waals surface area contributed by atoms with Crippen molar-refractivity contribution in [3.8, 4) is 17.3 Å². The van der Waals surface area contributed by atoms with Gasteiger partial charge in [0.2, 0.25) is 5.91 Å². The highest BCUT2D eigenvalue weighted by Crippen LogP contribution is 2.37. The number of amides is 1. The fraction of sp³-hybridized carbons (Fsp3) is 0.355. The second-order valence-corrected chi connectivity index (χ2v) is 11.2. The maximum Gasteiger partial charge on any atom is 0.319 e. The van der Waals surface area contributed by atoms with E-state index in [2.05, 4.69) is 28.5 Å². The van der Waals surface area contributed by atoms with Gasteiger partial charge in [-0.05, 0) is 50.4 Å². The molecule has 2 fully saturated rings. The van der Waals surface area contributed by atoms with Crippen molar-refractivity contribution in [3.05, 3.63) is 66.1 Å². The number of hydrogen-bond donors (Lipinski definition) is 0. The molecule has 4 aromatic rings. The van der Waals surface area contributed by atoms with Crippen molar-refractivity contribution in [1.29, 1.82) is 0 Å². The van der Waals surface area contributed by atoms with Gasteiger partial charge in [-0.1, -0.05) is 48.5 Å². The number of carbonyl (C=O) groups excluding carboxylic acids is 1. The van der Waals surface area contributed by atoms with Crippen molar-refractivity contribution in [2.45, 2.75) is 31.3 Å². The number of nitrogens with zero attached hydrogens (tertiary/aromatic N) is 6. The molecule has 8 nitrogen and oxygen atoms in total. The first-order valence-electron chi connectivity index (χ1n) is 13.9. The lowest BCUT2D eigenvalue weighted by Crippen LogP contribution is -2.36. The summed E-state index contributed by atoms with van der Waals surface area (Å²) in [7, 11) is 3.98. The quantitative estimate of drug-likeness (QED) is 0.276. The minimum Gasteiger partial charge on any atom is -0.462 e. The highest BCUT2D eigenvalue weighted by atomic mass is 35.5. The Hall–Kier alpha value is -3.82. The number of rotatable bonds is 7. The predicted molar refractivity (Wildman–Crippen MR) is 160 cm³/mol. The van der Waals surface area contributed by atoms with Crippen LogP contribution in [-0.4, -0.2) is 83.1 Å². The van der Waals surface area contributed by atoms with E-state index in [-0.39, 0.29) is 35.2 Å². The van der Waals surface area contributed by atoms with Crippen molar-refractivity contribution in [2.24, 2.45) is 0 Å². The number of aromatic nitrogens is 3. The standard InChI is InChI=1S/C31H32ClFN6O2/c1-4-25(40)39-15-13-20(17-39)38(3)30-23-16-34-28(22-11-5-8-19-9-6-12-24(32)26(19)22)27(33)29(23)35-31(36-30)41-18-21-10-7-14-37(21)2/h4-6,8-9,11-12,16,20-21H,1,7,10,13-15,17-18H2,2-3H3/t20-,21+/m1/s1. The highest BCUT2D eigenvalue weighted by molar-refractivity contribution is 6.36. The number of ether oxygens (including phenoxy) is 1. The first kappa shape index (κ1) is 27.4. The fourth-order valence-electron chi connectivity index (χ4n) is 5.96. The van der Waals surface area contributed by atoms with Gasteiger partial charge in [0.1, 0.15) is 23.6 Å². The summed E-state index contributed by atoms with van der Waals surface area (Å²) in [5.74, 6) is -0.162. The van der Waals surface area contributed by atoms with E-state index in [4.69, 9.17) is 21.3 Å². The van der Waals surface area contributed by atoms with E-state index in [9.17, 15) is 4.79 Å². The van der Waals surface area contributed by atoms with Crippen LogP contribution < -0.4 is 9.64 Å². The molecule has 0 aliphatic carbocycles. The summed E-state index contributed by atoms with van der Waals surface area (Å²) < 4.78 is 22.6. The smallest absolute Gasteiger partial charge is 0.319 e.